The summed E-state index contributed by atoms with van der Waals surface area (Å²) in [6, 6.07) is 20.9. The van der Waals surface area contributed by atoms with E-state index in [1.54, 1.807) is 24.3 Å². The van der Waals surface area contributed by atoms with Crippen LogP contribution in [0.25, 0.3) is 70.3 Å². The molecule has 8 heteroatoms. The zero-order valence-electron chi connectivity index (χ0n) is 21.4. The Morgan fingerprint density at radius 2 is 0.929 bits per heavy atom. The predicted molar refractivity (Wildman–Crippen MR) is 153 cm³/mol. The van der Waals surface area contributed by atoms with Gasteiger partial charge in [-0.2, -0.15) is 16.8 Å². The van der Waals surface area contributed by atoms with Gasteiger partial charge in [0, 0.05) is 33.7 Å². The molecule has 0 aliphatic carbocycles. The molecular formula is C34H14F4N4. The fourth-order valence-corrected chi connectivity index (χ4v) is 5.81. The molecule has 4 nitrogen and oxygen atoms in total. The van der Waals surface area contributed by atoms with E-state index in [9.17, 15) is 22.8 Å². The molecule has 0 heterocycles. The molecule has 0 fully saturated rings. The summed E-state index contributed by atoms with van der Waals surface area (Å²) in [7, 11) is 0. The summed E-state index contributed by atoms with van der Waals surface area (Å²) in [6.45, 7) is 7.45. The van der Waals surface area contributed by atoms with E-state index in [2.05, 4.69) is 15.0 Å². The van der Waals surface area contributed by atoms with Gasteiger partial charge in [-0.25, -0.2) is 17.6 Å². The molecule has 0 aliphatic heterocycles. The van der Waals surface area contributed by atoms with Crippen molar-refractivity contribution in [2.24, 2.45) is 10.1 Å². The van der Waals surface area contributed by atoms with Gasteiger partial charge in [-0.15, -0.1) is 4.95 Å². The third-order valence-corrected chi connectivity index (χ3v) is 7.50. The maximum atomic E-state index is 13.9. The molecule has 7 aromatic carbocycles. The summed E-state index contributed by atoms with van der Waals surface area (Å²) in [5.74, 6) is -2.80. The summed E-state index contributed by atoms with van der Waals surface area (Å²) in [5, 5.41) is 20.1. The first-order valence-corrected chi connectivity index (χ1v) is 12.7. The summed E-state index contributed by atoms with van der Waals surface area (Å²) in [5.41, 5.74) is 1.81. The summed E-state index contributed by atoms with van der Waals surface area (Å²) < 4.78 is 55.8. The third kappa shape index (κ3) is 3.89. The Morgan fingerprint density at radius 1 is 0.500 bits per heavy atom. The number of hydrogen-bond donors (Lipinski definition) is 0. The van der Waals surface area contributed by atoms with E-state index in [4.69, 9.17) is 6.57 Å². The van der Waals surface area contributed by atoms with Crippen molar-refractivity contribution in [1.82, 2.24) is 0 Å². The van der Waals surface area contributed by atoms with Crippen molar-refractivity contribution >= 4 is 43.1 Å². The lowest BCUT2D eigenvalue weighted by Gasteiger charge is -2.03. The van der Waals surface area contributed by atoms with Gasteiger partial charge in [-0.05, 0) is 92.3 Å². The standard InChI is InChI=1S/C34H14F4N4/c1-40-42-34-30-11-18(20-8-23(37)13-24(38)9-20)3-5-26(30)28-14-31-27(15-32(28)34)25-4-2-17(10-29(25)33(31)41-16-39)19-6-21(35)12-22(36)7-19/h2-15H. The molecule has 0 saturated heterocycles. The van der Waals surface area contributed by atoms with Crippen LogP contribution in [-0.2, 0) is 0 Å². The van der Waals surface area contributed by atoms with Crippen molar-refractivity contribution < 1.29 is 17.6 Å². The van der Waals surface area contributed by atoms with E-state index in [1.807, 2.05) is 30.5 Å². The summed E-state index contributed by atoms with van der Waals surface area (Å²) in [4.78, 5) is 7.39. The Labute approximate surface area is 234 Å². The molecule has 0 spiro atoms. The molecule has 0 bridgehead atoms. The first kappa shape index (κ1) is 25.1. The van der Waals surface area contributed by atoms with Crippen molar-refractivity contribution in [3.8, 4) is 28.4 Å². The molecule has 0 radical (unpaired) electrons. The third-order valence-electron chi connectivity index (χ3n) is 7.50. The Hall–Kier alpha value is -5.86. The van der Waals surface area contributed by atoms with Crippen molar-refractivity contribution in [3.05, 3.63) is 130 Å². The zero-order valence-corrected chi connectivity index (χ0v) is 21.4. The monoisotopic (exact) mass is 554 g/mol. The maximum absolute atomic E-state index is 13.9. The second-order valence-electron chi connectivity index (χ2n) is 9.89. The van der Waals surface area contributed by atoms with Crippen molar-refractivity contribution in [2.45, 2.75) is 0 Å². The molecule has 0 amide bonds. The molecule has 0 aromatic heterocycles. The van der Waals surface area contributed by atoms with E-state index < -0.39 is 23.3 Å². The smallest absolute Gasteiger partial charge is 0.206 e. The average Bonchev–Trinajstić information content (AvgIpc) is 3.42. The molecule has 7 rings (SSSR count). The van der Waals surface area contributed by atoms with Gasteiger partial charge in [0.15, 0.2) is 5.36 Å². The lowest BCUT2D eigenvalue weighted by Crippen LogP contribution is -1.99. The molecule has 0 atom stereocenters. The van der Waals surface area contributed by atoms with Gasteiger partial charge in [-0.1, -0.05) is 24.3 Å². The Kier molecular flexibility index (Phi) is 5.60. The highest BCUT2D eigenvalue weighted by Crippen LogP contribution is 2.35. The van der Waals surface area contributed by atoms with Gasteiger partial charge in [0.05, 0.1) is 10.5 Å². The Bertz CT molecular complexity index is 2270. The summed E-state index contributed by atoms with van der Waals surface area (Å²) >= 11 is 0. The normalized spacial score (nSPS) is 12.5. The number of fused-ring (bicyclic) bond motifs is 6. The molecule has 0 unspecified atom stereocenters. The zero-order chi connectivity index (χ0) is 29.1. The Morgan fingerprint density at radius 3 is 1.38 bits per heavy atom. The highest BCUT2D eigenvalue weighted by molar-refractivity contribution is 6.21. The van der Waals surface area contributed by atoms with Crippen molar-refractivity contribution in [3.63, 3.8) is 0 Å². The summed E-state index contributed by atoms with van der Waals surface area (Å²) in [6.07, 6.45) is 1.86. The first-order chi connectivity index (χ1) is 20.3. The van der Waals surface area contributed by atoms with Crippen LogP contribution in [0.1, 0.15) is 0 Å². The van der Waals surface area contributed by atoms with Crippen molar-refractivity contribution in [2.75, 3.05) is 0 Å². The SMILES string of the molecule is [C-]#[N+]N=c1c2cc(-c3cc(F)cc(F)c3)ccc2c2cc3c(=NC#N)c4cc(-c5cc(F)cc(F)c5)ccc4c3cc12. The highest BCUT2D eigenvalue weighted by atomic mass is 19.1. The van der Waals surface area contributed by atoms with Crippen LogP contribution in [0.15, 0.2) is 95.0 Å². The first-order valence-electron chi connectivity index (χ1n) is 12.7. The van der Waals surface area contributed by atoms with Gasteiger partial charge < -0.3 is 0 Å². The average molecular weight is 555 g/mol. The van der Waals surface area contributed by atoms with Crippen LogP contribution in [0.2, 0.25) is 0 Å². The minimum absolute atomic E-state index is 0.347. The number of nitriles is 1. The number of rotatable bonds is 2. The van der Waals surface area contributed by atoms with E-state index >= 15 is 0 Å². The van der Waals surface area contributed by atoms with Crippen LogP contribution in [0, 0.1) is 41.3 Å². The largest absolute Gasteiger partial charge is 0.207 e. The van der Waals surface area contributed by atoms with Crippen LogP contribution in [-0.4, -0.2) is 0 Å². The molecule has 0 N–H and O–H groups in total. The number of nitrogens with zero attached hydrogens (tertiary/aromatic N) is 4. The molecule has 198 valence electrons. The van der Waals surface area contributed by atoms with Gasteiger partial charge in [-0.3, -0.25) is 0 Å². The molecular weight excluding hydrogens is 540 g/mol. The lowest BCUT2D eigenvalue weighted by atomic mass is 10.0. The highest BCUT2D eigenvalue weighted by Gasteiger charge is 2.18. The molecule has 7 aromatic rings. The van der Waals surface area contributed by atoms with Crippen LogP contribution in [0.5, 0.6) is 0 Å². The fraction of sp³-hybridized carbons (Fsp3) is 0. The van der Waals surface area contributed by atoms with E-state index in [0.717, 1.165) is 33.7 Å². The van der Waals surface area contributed by atoms with Crippen LogP contribution < -0.4 is 10.7 Å². The van der Waals surface area contributed by atoms with E-state index in [-0.39, 0.29) is 0 Å². The second-order valence-corrected chi connectivity index (χ2v) is 9.89. The quantitative estimate of drug-likeness (QED) is 0.0920. The van der Waals surface area contributed by atoms with Crippen LogP contribution in [0.4, 0.5) is 17.6 Å². The lowest BCUT2D eigenvalue weighted by molar-refractivity contribution is 0.583. The number of halogens is 4. The topological polar surface area (TPSA) is 52.9 Å². The Balaban J connectivity index is 1.54. The van der Waals surface area contributed by atoms with Gasteiger partial charge in [0.2, 0.25) is 6.19 Å². The predicted octanol–water partition coefficient (Wildman–Crippen LogP) is 8.18. The van der Waals surface area contributed by atoms with Crippen LogP contribution >= 0.6 is 0 Å². The number of benzene rings is 5. The van der Waals surface area contributed by atoms with Gasteiger partial charge in [0.1, 0.15) is 23.3 Å². The minimum Gasteiger partial charge on any atom is -0.207 e. The minimum atomic E-state index is -0.702. The van der Waals surface area contributed by atoms with Crippen molar-refractivity contribution in [1.29, 1.82) is 5.26 Å². The van der Waals surface area contributed by atoms with Crippen LogP contribution in [0.3, 0.4) is 0 Å². The second kappa shape index (κ2) is 9.36. The molecule has 0 saturated carbocycles. The fourth-order valence-electron chi connectivity index (χ4n) is 5.81. The molecule has 42 heavy (non-hydrogen) atoms. The number of hydrogen-bond acceptors (Lipinski definition) is 3. The van der Waals surface area contributed by atoms with E-state index in [0.29, 0.717) is 54.5 Å². The molecule has 0 aliphatic rings. The maximum Gasteiger partial charge on any atom is 0.206 e. The van der Waals surface area contributed by atoms with Gasteiger partial charge in [0.25, 0.3) is 0 Å². The van der Waals surface area contributed by atoms with Gasteiger partial charge >= 0.3 is 0 Å². The van der Waals surface area contributed by atoms with E-state index in [1.165, 1.54) is 24.3 Å².